The van der Waals surface area contributed by atoms with Crippen molar-refractivity contribution in [2.75, 3.05) is 6.54 Å². The second-order valence-electron chi connectivity index (χ2n) is 7.50. The van der Waals surface area contributed by atoms with Crippen LogP contribution in [-0.2, 0) is 0 Å². The van der Waals surface area contributed by atoms with Gasteiger partial charge in [0.15, 0.2) is 0 Å². The number of allylic oxidation sites excluding steroid dienone is 1. The molecule has 0 radical (unpaired) electrons. The molecule has 1 heterocycles. The van der Waals surface area contributed by atoms with E-state index in [-0.39, 0.29) is 0 Å². The highest BCUT2D eigenvalue weighted by Gasteiger charge is 2.44. The average Bonchev–Trinajstić information content (AvgIpc) is 3.06. The molecule has 0 bridgehead atoms. The Morgan fingerprint density at radius 3 is 2.47 bits per heavy atom. The first kappa shape index (κ1) is 13.1. The van der Waals surface area contributed by atoms with Gasteiger partial charge in [-0.1, -0.05) is 39.3 Å². The molecule has 1 heteroatoms. The Morgan fingerprint density at radius 2 is 2.06 bits per heavy atom. The predicted molar refractivity (Wildman–Crippen MR) is 75.1 cm³/mol. The van der Waals surface area contributed by atoms with Crippen molar-refractivity contribution in [3.8, 4) is 0 Å². The van der Waals surface area contributed by atoms with E-state index in [9.17, 15) is 0 Å². The van der Waals surface area contributed by atoms with Crippen LogP contribution in [0.1, 0.15) is 60.3 Å². The zero-order valence-electron chi connectivity index (χ0n) is 12.3. The smallest absolute Gasteiger partial charge is 0.0379 e. The second kappa shape index (κ2) is 4.42. The van der Waals surface area contributed by atoms with Crippen molar-refractivity contribution in [3.63, 3.8) is 0 Å². The summed E-state index contributed by atoms with van der Waals surface area (Å²) in [4.78, 5) is 0. The summed E-state index contributed by atoms with van der Waals surface area (Å²) in [6.45, 7) is 13.3. The van der Waals surface area contributed by atoms with Crippen molar-refractivity contribution in [3.05, 3.63) is 11.6 Å². The molecular formula is C16H29N. The van der Waals surface area contributed by atoms with Gasteiger partial charge in [-0.25, -0.2) is 0 Å². The Balaban J connectivity index is 1.99. The average molecular weight is 235 g/mol. The van der Waals surface area contributed by atoms with Crippen LogP contribution in [0.3, 0.4) is 0 Å². The van der Waals surface area contributed by atoms with Crippen LogP contribution in [0.2, 0.25) is 0 Å². The monoisotopic (exact) mass is 235 g/mol. The highest BCUT2D eigenvalue weighted by atomic mass is 15.1. The topological polar surface area (TPSA) is 21.9 Å². The lowest BCUT2D eigenvalue weighted by atomic mass is 9.68. The Morgan fingerprint density at radius 1 is 1.47 bits per heavy atom. The molecule has 0 aromatic carbocycles. The molecule has 0 amide bonds. The van der Waals surface area contributed by atoms with Gasteiger partial charge in [0.25, 0.3) is 0 Å². The predicted octanol–water partition coefficient (Wildman–Crippen LogP) is 4.15. The van der Waals surface area contributed by atoms with Crippen LogP contribution >= 0.6 is 0 Å². The molecule has 1 aliphatic carbocycles. The zero-order chi connectivity index (χ0) is 12.7. The molecule has 2 aliphatic rings. The van der Waals surface area contributed by atoms with Gasteiger partial charge < -0.3 is 5.32 Å². The molecule has 17 heavy (non-hydrogen) atoms. The first-order valence-corrected chi connectivity index (χ1v) is 7.24. The van der Waals surface area contributed by atoms with Crippen LogP contribution in [0.15, 0.2) is 11.6 Å². The van der Waals surface area contributed by atoms with Crippen molar-refractivity contribution >= 4 is 0 Å². The maximum absolute atomic E-state index is 3.36. The van der Waals surface area contributed by atoms with Gasteiger partial charge in [-0.2, -0.15) is 0 Å². The first-order chi connectivity index (χ1) is 7.83. The van der Waals surface area contributed by atoms with Gasteiger partial charge in [-0.05, 0) is 49.4 Å². The van der Waals surface area contributed by atoms with E-state index in [1.54, 1.807) is 5.57 Å². The molecule has 1 N–H and O–H groups in total. The highest BCUT2D eigenvalue weighted by molar-refractivity contribution is 5.13. The largest absolute Gasteiger partial charge is 0.307 e. The van der Waals surface area contributed by atoms with Crippen molar-refractivity contribution < 1.29 is 0 Å². The van der Waals surface area contributed by atoms with Crippen LogP contribution < -0.4 is 5.32 Å². The second-order valence-corrected chi connectivity index (χ2v) is 7.50. The summed E-state index contributed by atoms with van der Waals surface area (Å²) in [5, 5.41) is 3.36. The lowest BCUT2D eigenvalue weighted by Gasteiger charge is -2.37. The van der Waals surface area contributed by atoms with Gasteiger partial charge in [-0.15, -0.1) is 0 Å². The summed E-state index contributed by atoms with van der Waals surface area (Å²) in [6.07, 6.45) is 8.01. The van der Waals surface area contributed by atoms with E-state index in [1.807, 2.05) is 0 Å². The Hall–Kier alpha value is -0.300. The van der Waals surface area contributed by atoms with Crippen LogP contribution in [0, 0.1) is 16.7 Å². The van der Waals surface area contributed by atoms with Crippen molar-refractivity contribution in [1.29, 1.82) is 0 Å². The normalized spacial score (nSPS) is 30.2. The molecular weight excluding hydrogens is 206 g/mol. The van der Waals surface area contributed by atoms with Crippen LogP contribution in [-0.4, -0.2) is 12.6 Å². The Labute approximate surface area is 107 Å². The molecule has 0 spiro atoms. The fraction of sp³-hybridized carbons (Fsp3) is 0.875. The molecule has 1 saturated carbocycles. The number of hydrogen-bond donors (Lipinski definition) is 1. The molecule has 1 aliphatic heterocycles. The fourth-order valence-electron chi connectivity index (χ4n) is 3.06. The maximum Gasteiger partial charge on any atom is 0.0379 e. The van der Waals surface area contributed by atoms with Gasteiger partial charge in [0.2, 0.25) is 0 Å². The van der Waals surface area contributed by atoms with Crippen LogP contribution in [0.4, 0.5) is 0 Å². The molecule has 0 aromatic rings. The third-order valence-corrected chi connectivity index (χ3v) is 4.94. The number of hydrogen-bond acceptors (Lipinski definition) is 1. The number of rotatable bonds is 6. The summed E-state index contributed by atoms with van der Waals surface area (Å²) in [6, 6.07) is 0.683. The van der Waals surface area contributed by atoms with Gasteiger partial charge >= 0.3 is 0 Å². The van der Waals surface area contributed by atoms with E-state index in [0.29, 0.717) is 16.9 Å². The summed E-state index contributed by atoms with van der Waals surface area (Å²) in [5.74, 6) is 0.774. The van der Waals surface area contributed by atoms with Gasteiger partial charge in [0.05, 0.1) is 0 Å². The molecule has 98 valence electrons. The van der Waals surface area contributed by atoms with Crippen LogP contribution in [0.5, 0.6) is 0 Å². The molecule has 2 rings (SSSR count). The van der Waals surface area contributed by atoms with E-state index in [1.165, 1.54) is 32.2 Å². The maximum atomic E-state index is 3.36. The van der Waals surface area contributed by atoms with E-state index >= 15 is 0 Å². The van der Waals surface area contributed by atoms with E-state index in [2.05, 4.69) is 46.0 Å². The van der Waals surface area contributed by atoms with Crippen molar-refractivity contribution in [1.82, 2.24) is 5.32 Å². The van der Waals surface area contributed by atoms with Gasteiger partial charge in [-0.3, -0.25) is 0 Å². The first-order valence-electron chi connectivity index (χ1n) is 7.24. The van der Waals surface area contributed by atoms with Crippen LogP contribution in [0.25, 0.3) is 0 Å². The Bertz CT molecular complexity index is 307. The molecule has 0 aromatic heterocycles. The minimum Gasteiger partial charge on any atom is -0.307 e. The lowest BCUT2D eigenvalue weighted by molar-refractivity contribution is 0.157. The third kappa shape index (κ3) is 3.58. The molecule has 1 saturated heterocycles. The van der Waals surface area contributed by atoms with Gasteiger partial charge in [0, 0.05) is 12.6 Å². The van der Waals surface area contributed by atoms with Crippen molar-refractivity contribution in [2.45, 2.75) is 66.3 Å². The third-order valence-electron chi connectivity index (χ3n) is 4.94. The van der Waals surface area contributed by atoms with E-state index < -0.39 is 0 Å². The zero-order valence-corrected chi connectivity index (χ0v) is 12.3. The molecule has 2 atom stereocenters. The minimum atomic E-state index is 0.487. The summed E-state index contributed by atoms with van der Waals surface area (Å²) < 4.78 is 0. The molecule has 1 unspecified atom stereocenters. The lowest BCUT2D eigenvalue weighted by Crippen LogP contribution is -2.27. The van der Waals surface area contributed by atoms with E-state index in [0.717, 1.165) is 5.92 Å². The van der Waals surface area contributed by atoms with E-state index in [4.69, 9.17) is 0 Å². The molecule has 1 nitrogen and oxygen atoms in total. The SMILES string of the molecule is C/C(=C\C1CN1)C[C@](C)(CC1(C)CC1)C(C)C. The fourth-order valence-corrected chi connectivity index (χ4v) is 3.06. The summed E-state index contributed by atoms with van der Waals surface area (Å²) in [7, 11) is 0. The standard InChI is InChI=1S/C16H29N/c1-12(2)16(5,11-15(4)6-7-15)9-13(3)8-14-10-17-14/h8,12,14,17H,6-7,9-11H2,1-5H3/b13-8+/t14?,16-/m1/s1. The minimum absolute atomic E-state index is 0.487. The highest BCUT2D eigenvalue weighted by Crippen LogP contribution is 2.56. The molecule has 2 fully saturated rings. The quantitative estimate of drug-likeness (QED) is 0.542. The van der Waals surface area contributed by atoms with Gasteiger partial charge in [0.1, 0.15) is 0 Å². The Kier molecular flexibility index (Phi) is 3.42. The van der Waals surface area contributed by atoms with Crippen molar-refractivity contribution in [2.24, 2.45) is 16.7 Å². The number of nitrogens with one attached hydrogen (secondary N) is 1. The summed E-state index contributed by atoms with van der Waals surface area (Å²) >= 11 is 0. The summed E-state index contributed by atoms with van der Waals surface area (Å²) in [5.41, 5.74) is 2.73.